The molecule has 3 rings (SSSR count). The number of rotatable bonds is 6. The summed E-state index contributed by atoms with van der Waals surface area (Å²) in [4.78, 5) is 12.3. The molecule has 0 aliphatic rings. The van der Waals surface area contributed by atoms with Gasteiger partial charge in [0.05, 0.1) is 0 Å². The van der Waals surface area contributed by atoms with Crippen LogP contribution in [0.5, 0.6) is 0 Å². The van der Waals surface area contributed by atoms with Crippen LogP contribution in [0.4, 0.5) is 5.69 Å². The highest BCUT2D eigenvalue weighted by Crippen LogP contribution is 2.19. The van der Waals surface area contributed by atoms with Gasteiger partial charge in [0.15, 0.2) is 5.78 Å². The van der Waals surface area contributed by atoms with Crippen LogP contribution in [0.25, 0.3) is 11.1 Å². The van der Waals surface area contributed by atoms with Gasteiger partial charge in [0.1, 0.15) is 0 Å². The summed E-state index contributed by atoms with van der Waals surface area (Å²) in [5.41, 5.74) is 5.33. The van der Waals surface area contributed by atoms with Crippen LogP contribution in [0.2, 0.25) is 0 Å². The lowest BCUT2D eigenvalue weighted by molar-refractivity contribution is 0.0986. The van der Waals surface area contributed by atoms with Gasteiger partial charge >= 0.3 is 0 Å². The lowest BCUT2D eigenvalue weighted by atomic mass is 10.0. The van der Waals surface area contributed by atoms with Crippen LogP contribution in [0.15, 0.2) is 78.9 Å². The monoisotopic (exact) mass is 315 g/mol. The molecular weight excluding hydrogens is 294 g/mol. The second kappa shape index (κ2) is 7.60. The van der Waals surface area contributed by atoms with E-state index in [1.807, 2.05) is 54.6 Å². The van der Waals surface area contributed by atoms with Gasteiger partial charge in [0, 0.05) is 24.2 Å². The molecule has 24 heavy (non-hydrogen) atoms. The average Bonchev–Trinajstić information content (AvgIpc) is 2.63. The smallest absolute Gasteiger partial charge is 0.164 e. The van der Waals surface area contributed by atoms with Gasteiger partial charge in [-0.2, -0.15) is 0 Å². The molecule has 0 amide bonds. The molecule has 3 aromatic rings. The number of carbonyl (C=O) groups is 1. The topological polar surface area (TPSA) is 29.1 Å². The summed E-state index contributed by atoms with van der Waals surface area (Å²) in [5.74, 6) is 0.162. The Bertz CT molecular complexity index is 807. The summed E-state index contributed by atoms with van der Waals surface area (Å²) >= 11 is 0. The molecule has 0 heterocycles. The van der Waals surface area contributed by atoms with Gasteiger partial charge in [-0.15, -0.1) is 0 Å². The zero-order chi connectivity index (χ0) is 16.8. The zero-order valence-electron chi connectivity index (χ0n) is 13.8. The van der Waals surface area contributed by atoms with Crippen molar-refractivity contribution in [3.8, 4) is 11.1 Å². The van der Waals surface area contributed by atoms with Gasteiger partial charge in [-0.3, -0.25) is 4.79 Å². The molecule has 0 radical (unpaired) electrons. The number of hydrogen-bond donors (Lipinski definition) is 1. The highest BCUT2D eigenvalue weighted by molar-refractivity contribution is 5.96. The minimum atomic E-state index is 0.162. The molecule has 1 N–H and O–H groups in total. The first-order chi connectivity index (χ1) is 11.7. The summed E-state index contributed by atoms with van der Waals surface area (Å²) in [6, 6.07) is 26.2. The second-order valence-corrected chi connectivity index (χ2v) is 5.91. The van der Waals surface area contributed by atoms with Gasteiger partial charge in [-0.1, -0.05) is 66.7 Å². The fourth-order valence-corrected chi connectivity index (χ4v) is 2.70. The molecule has 0 atom stereocenters. The van der Waals surface area contributed by atoms with Crippen molar-refractivity contribution in [2.75, 3.05) is 11.9 Å². The number of ketones is 1. The number of Topliss-reactive ketones (excluding diaryl/α,β-unsaturated/α-hetero) is 1. The molecule has 0 spiro atoms. The van der Waals surface area contributed by atoms with Crippen LogP contribution in [-0.4, -0.2) is 12.3 Å². The number of nitrogens with one attached hydrogen (secondary N) is 1. The lowest BCUT2D eigenvalue weighted by Gasteiger charge is -2.07. The highest BCUT2D eigenvalue weighted by Gasteiger charge is 2.06. The fraction of sp³-hybridized carbons (Fsp3) is 0.136. The van der Waals surface area contributed by atoms with E-state index in [0.29, 0.717) is 13.0 Å². The molecule has 3 aromatic carbocycles. The van der Waals surface area contributed by atoms with Crippen molar-refractivity contribution in [1.82, 2.24) is 0 Å². The maximum Gasteiger partial charge on any atom is 0.164 e. The van der Waals surface area contributed by atoms with E-state index in [0.717, 1.165) is 22.4 Å². The molecule has 0 aromatic heterocycles. The number of benzene rings is 3. The minimum absolute atomic E-state index is 0.162. The van der Waals surface area contributed by atoms with Crippen molar-refractivity contribution in [2.45, 2.75) is 13.3 Å². The molecule has 0 unspecified atom stereocenters. The van der Waals surface area contributed by atoms with Gasteiger partial charge in [0.25, 0.3) is 0 Å². The van der Waals surface area contributed by atoms with Gasteiger partial charge < -0.3 is 5.32 Å². The molecule has 2 nitrogen and oxygen atoms in total. The lowest BCUT2D eigenvalue weighted by Crippen LogP contribution is -2.08. The summed E-state index contributed by atoms with van der Waals surface area (Å²) < 4.78 is 0. The van der Waals surface area contributed by atoms with Crippen LogP contribution in [0.3, 0.4) is 0 Å². The van der Waals surface area contributed by atoms with Crippen LogP contribution in [-0.2, 0) is 0 Å². The SMILES string of the molecule is Cc1cccc(NCCC(=O)c2ccc(-c3ccccc3)cc2)c1. The van der Waals surface area contributed by atoms with Crippen LogP contribution >= 0.6 is 0 Å². The minimum Gasteiger partial charge on any atom is -0.385 e. The van der Waals surface area contributed by atoms with Crippen molar-refractivity contribution in [3.63, 3.8) is 0 Å². The van der Waals surface area contributed by atoms with Crippen molar-refractivity contribution in [1.29, 1.82) is 0 Å². The van der Waals surface area contributed by atoms with E-state index in [4.69, 9.17) is 0 Å². The Morgan fingerprint density at radius 1 is 0.833 bits per heavy atom. The summed E-state index contributed by atoms with van der Waals surface area (Å²) in [7, 11) is 0. The first-order valence-corrected chi connectivity index (χ1v) is 8.21. The molecule has 0 fully saturated rings. The summed E-state index contributed by atoms with van der Waals surface area (Å²) in [6.45, 7) is 2.70. The van der Waals surface area contributed by atoms with E-state index in [9.17, 15) is 4.79 Å². The number of aryl methyl sites for hydroxylation is 1. The number of hydrogen-bond acceptors (Lipinski definition) is 2. The Kier molecular flexibility index (Phi) is 5.07. The third kappa shape index (κ3) is 4.11. The predicted molar refractivity (Wildman–Crippen MR) is 100 cm³/mol. The van der Waals surface area contributed by atoms with Gasteiger partial charge in [0.2, 0.25) is 0 Å². The number of carbonyl (C=O) groups excluding carboxylic acids is 1. The van der Waals surface area contributed by atoms with E-state index in [1.165, 1.54) is 5.56 Å². The molecule has 0 aliphatic heterocycles. The Labute approximate surface area is 143 Å². The quantitative estimate of drug-likeness (QED) is 0.621. The molecule has 2 heteroatoms. The maximum absolute atomic E-state index is 12.3. The van der Waals surface area contributed by atoms with Crippen molar-refractivity contribution >= 4 is 11.5 Å². The maximum atomic E-state index is 12.3. The Morgan fingerprint density at radius 3 is 2.25 bits per heavy atom. The van der Waals surface area contributed by atoms with E-state index < -0.39 is 0 Å². The van der Waals surface area contributed by atoms with Crippen LogP contribution in [0, 0.1) is 6.92 Å². The first kappa shape index (κ1) is 16.0. The molecular formula is C22H21NO. The Hall–Kier alpha value is -2.87. The Balaban J connectivity index is 1.57. The van der Waals surface area contributed by atoms with E-state index in [-0.39, 0.29) is 5.78 Å². The molecule has 0 saturated heterocycles. The van der Waals surface area contributed by atoms with Crippen molar-refractivity contribution in [3.05, 3.63) is 90.0 Å². The Morgan fingerprint density at radius 2 is 1.54 bits per heavy atom. The van der Waals surface area contributed by atoms with E-state index in [2.05, 4.69) is 36.5 Å². The third-order valence-corrected chi connectivity index (χ3v) is 4.01. The third-order valence-electron chi connectivity index (χ3n) is 4.01. The van der Waals surface area contributed by atoms with Crippen molar-refractivity contribution < 1.29 is 4.79 Å². The second-order valence-electron chi connectivity index (χ2n) is 5.91. The van der Waals surface area contributed by atoms with E-state index >= 15 is 0 Å². The summed E-state index contributed by atoms with van der Waals surface area (Å²) in [6.07, 6.45) is 0.485. The zero-order valence-corrected chi connectivity index (χ0v) is 13.8. The molecule has 0 saturated carbocycles. The molecule has 120 valence electrons. The fourth-order valence-electron chi connectivity index (χ4n) is 2.70. The first-order valence-electron chi connectivity index (χ1n) is 8.21. The average molecular weight is 315 g/mol. The van der Waals surface area contributed by atoms with Gasteiger partial charge in [-0.25, -0.2) is 0 Å². The van der Waals surface area contributed by atoms with Crippen molar-refractivity contribution in [2.24, 2.45) is 0 Å². The molecule has 0 bridgehead atoms. The highest BCUT2D eigenvalue weighted by atomic mass is 16.1. The standard InChI is InChI=1S/C22H21NO/c1-17-6-5-9-21(16-17)23-15-14-22(24)20-12-10-19(11-13-20)18-7-3-2-4-8-18/h2-13,16,23H,14-15H2,1H3. The summed E-state index contributed by atoms with van der Waals surface area (Å²) in [5, 5.41) is 3.30. The predicted octanol–water partition coefficient (Wildman–Crippen LogP) is 5.35. The largest absolute Gasteiger partial charge is 0.385 e. The van der Waals surface area contributed by atoms with Crippen LogP contribution < -0.4 is 5.32 Å². The number of anilines is 1. The van der Waals surface area contributed by atoms with Gasteiger partial charge in [-0.05, 0) is 35.7 Å². The normalized spacial score (nSPS) is 10.4. The molecule has 0 aliphatic carbocycles. The van der Waals surface area contributed by atoms with Crippen LogP contribution in [0.1, 0.15) is 22.3 Å². The van der Waals surface area contributed by atoms with E-state index in [1.54, 1.807) is 0 Å².